The first-order chi connectivity index (χ1) is 13.4. The van der Waals surface area contributed by atoms with Crippen LogP contribution < -0.4 is 10.1 Å². The Morgan fingerprint density at radius 1 is 1.29 bits per heavy atom. The topological polar surface area (TPSA) is 88.6 Å². The van der Waals surface area contributed by atoms with E-state index in [2.05, 4.69) is 10.3 Å². The van der Waals surface area contributed by atoms with Crippen molar-refractivity contribution >= 4 is 33.0 Å². The molecule has 28 heavy (non-hydrogen) atoms. The Labute approximate surface area is 169 Å². The van der Waals surface area contributed by atoms with Crippen LogP contribution in [0.2, 0.25) is 0 Å². The maximum absolute atomic E-state index is 13.1. The lowest BCUT2D eigenvalue weighted by atomic mass is 10.2. The molecule has 1 amide bonds. The van der Waals surface area contributed by atoms with Crippen LogP contribution in [0.1, 0.15) is 36.9 Å². The second-order valence-electron chi connectivity index (χ2n) is 6.64. The van der Waals surface area contributed by atoms with Crippen molar-refractivity contribution in [3.05, 3.63) is 34.3 Å². The molecule has 0 radical (unpaired) electrons. The lowest BCUT2D eigenvalue weighted by molar-refractivity contribution is -0.115. The Hall–Kier alpha value is -1.97. The van der Waals surface area contributed by atoms with Crippen molar-refractivity contribution in [2.45, 2.75) is 43.9 Å². The minimum absolute atomic E-state index is 0.0802. The molecule has 1 fully saturated rings. The highest BCUT2D eigenvalue weighted by atomic mass is 32.2. The number of nitrogens with one attached hydrogen (secondary N) is 1. The number of carbonyl (C=O) groups excluding carboxylic acids is 1. The van der Waals surface area contributed by atoms with Crippen molar-refractivity contribution in [2.24, 2.45) is 0 Å². The molecule has 0 bridgehead atoms. The molecular weight excluding hydrogens is 398 g/mol. The maximum Gasteiger partial charge on any atom is 0.246 e. The average Bonchev–Trinajstić information content (AvgIpc) is 3.16. The first-order valence-electron chi connectivity index (χ1n) is 9.35. The molecule has 1 saturated heterocycles. The van der Waals surface area contributed by atoms with Gasteiger partial charge >= 0.3 is 0 Å². The largest absolute Gasteiger partial charge is 0.495 e. The van der Waals surface area contributed by atoms with Crippen LogP contribution in [-0.2, 0) is 27.7 Å². The summed E-state index contributed by atoms with van der Waals surface area (Å²) in [5.74, 6) is 0.0371. The molecule has 1 aliphatic heterocycles. The highest BCUT2D eigenvalue weighted by Gasteiger charge is 2.29. The standard InChI is InChI=1S/C19H25N3O4S2/c1-3-19-21-15(13-27-19)12-18(23)20-14-7-8-16(26-2)17(11-14)28(24,25)22-9-5-4-6-10-22/h7-8,11,13H,3-6,9-10,12H2,1-2H3,(H,20,23). The molecule has 9 heteroatoms. The smallest absolute Gasteiger partial charge is 0.246 e. The minimum atomic E-state index is -3.68. The lowest BCUT2D eigenvalue weighted by Gasteiger charge is -2.26. The third kappa shape index (κ3) is 4.71. The Morgan fingerprint density at radius 2 is 2.04 bits per heavy atom. The second kappa shape index (κ2) is 9.02. The summed E-state index contributed by atoms with van der Waals surface area (Å²) in [6.45, 7) is 3.03. The average molecular weight is 424 g/mol. The highest BCUT2D eigenvalue weighted by molar-refractivity contribution is 7.89. The van der Waals surface area contributed by atoms with E-state index < -0.39 is 10.0 Å². The van der Waals surface area contributed by atoms with Crippen molar-refractivity contribution in [3.63, 3.8) is 0 Å². The SMILES string of the molecule is CCc1nc(CC(=O)Nc2ccc(OC)c(S(=O)(=O)N3CCCCC3)c2)cs1. The summed E-state index contributed by atoms with van der Waals surface area (Å²) in [4.78, 5) is 16.8. The number of aromatic nitrogens is 1. The van der Waals surface area contributed by atoms with E-state index in [1.165, 1.54) is 28.8 Å². The summed E-state index contributed by atoms with van der Waals surface area (Å²) in [6.07, 6.45) is 3.73. The van der Waals surface area contributed by atoms with E-state index in [1.807, 2.05) is 12.3 Å². The van der Waals surface area contributed by atoms with Gasteiger partial charge in [0.25, 0.3) is 0 Å². The number of amides is 1. The normalized spacial score (nSPS) is 15.4. The molecule has 2 aromatic rings. The number of hydrogen-bond acceptors (Lipinski definition) is 6. The minimum Gasteiger partial charge on any atom is -0.495 e. The molecule has 0 unspecified atom stereocenters. The quantitative estimate of drug-likeness (QED) is 0.739. The predicted molar refractivity (Wildman–Crippen MR) is 109 cm³/mol. The Morgan fingerprint density at radius 3 is 2.68 bits per heavy atom. The molecule has 1 aromatic heterocycles. The lowest BCUT2D eigenvalue weighted by Crippen LogP contribution is -2.35. The predicted octanol–water partition coefficient (Wildman–Crippen LogP) is 3.07. The van der Waals surface area contributed by atoms with Crippen LogP contribution in [0.3, 0.4) is 0 Å². The van der Waals surface area contributed by atoms with Crippen LogP contribution >= 0.6 is 11.3 Å². The molecule has 1 aromatic carbocycles. The molecular formula is C19H25N3O4S2. The van der Waals surface area contributed by atoms with Gasteiger partial charge in [-0.1, -0.05) is 13.3 Å². The van der Waals surface area contributed by atoms with Crippen LogP contribution in [-0.4, -0.2) is 43.8 Å². The molecule has 152 valence electrons. The first-order valence-corrected chi connectivity index (χ1v) is 11.7. The highest BCUT2D eigenvalue weighted by Crippen LogP contribution is 2.31. The van der Waals surface area contributed by atoms with E-state index in [9.17, 15) is 13.2 Å². The van der Waals surface area contributed by atoms with Gasteiger partial charge in [-0.3, -0.25) is 4.79 Å². The fraction of sp³-hybridized carbons (Fsp3) is 0.474. The van der Waals surface area contributed by atoms with E-state index in [0.717, 1.165) is 30.7 Å². The summed E-state index contributed by atoms with van der Waals surface area (Å²) >= 11 is 1.53. The summed E-state index contributed by atoms with van der Waals surface area (Å²) < 4.78 is 32.9. The Balaban J connectivity index is 1.79. The number of sulfonamides is 1. The van der Waals surface area contributed by atoms with Crippen molar-refractivity contribution in [3.8, 4) is 5.75 Å². The zero-order valence-electron chi connectivity index (χ0n) is 16.1. The van der Waals surface area contributed by atoms with Gasteiger partial charge in [0, 0.05) is 24.2 Å². The molecule has 0 aliphatic carbocycles. The van der Waals surface area contributed by atoms with Crippen molar-refractivity contribution in [2.75, 3.05) is 25.5 Å². The number of carbonyl (C=O) groups is 1. The second-order valence-corrected chi connectivity index (χ2v) is 9.49. The van der Waals surface area contributed by atoms with E-state index in [0.29, 0.717) is 24.5 Å². The number of methoxy groups -OCH3 is 1. The fourth-order valence-electron chi connectivity index (χ4n) is 3.16. The number of nitrogens with zero attached hydrogens (tertiary/aromatic N) is 2. The first kappa shape index (κ1) is 20.8. The van der Waals surface area contributed by atoms with Crippen LogP contribution in [0.5, 0.6) is 5.75 Å². The van der Waals surface area contributed by atoms with E-state index >= 15 is 0 Å². The van der Waals surface area contributed by atoms with Gasteiger partial charge in [0.2, 0.25) is 15.9 Å². The molecule has 0 spiro atoms. The zero-order chi connectivity index (χ0) is 20.1. The number of aryl methyl sites for hydroxylation is 1. The number of piperidine rings is 1. The number of ether oxygens (including phenoxy) is 1. The van der Waals surface area contributed by atoms with Gasteiger partial charge in [0.1, 0.15) is 10.6 Å². The van der Waals surface area contributed by atoms with Crippen LogP contribution in [0.4, 0.5) is 5.69 Å². The van der Waals surface area contributed by atoms with E-state index in [4.69, 9.17) is 4.74 Å². The van der Waals surface area contributed by atoms with Crippen molar-refractivity contribution < 1.29 is 17.9 Å². The summed E-state index contributed by atoms with van der Waals surface area (Å²) in [5, 5.41) is 5.63. The third-order valence-electron chi connectivity index (χ3n) is 4.62. The Kier molecular flexibility index (Phi) is 6.69. The summed E-state index contributed by atoms with van der Waals surface area (Å²) in [5.41, 5.74) is 1.14. The van der Waals surface area contributed by atoms with Gasteiger partial charge in [0.05, 0.1) is 24.2 Å². The van der Waals surface area contributed by atoms with Crippen LogP contribution in [0.25, 0.3) is 0 Å². The van der Waals surface area contributed by atoms with Crippen LogP contribution in [0.15, 0.2) is 28.5 Å². The molecule has 2 heterocycles. The summed E-state index contributed by atoms with van der Waals surface area (Å²) in [6, 6.07) is 4.69. The van der Waals surface area contributed by atoms with Crippen molar-refractivity contribution in [1.82, 2.24) is 9.29 Å². The maximum atomic E-state index is 13.1. The van der Waals surface area contributed by atoms with Gasteiger partial charge < -0.3 is 10.1 Å². The fourth-order valence-corrected chi connectivity index (χ4v) is 5.61. The van der Waals surface area contributed by atoms with E-state index in [1.54, 1.807) is 12.1 Å². The van der Waals surface area contributed by atoms with Crippen molar-refractivity contribution in [1.29, 1.82) is 0 Å². The third-order valence-corrected chi connectivity index (χ3v) is 7.59. The number of thiazole rings is 1. The number of rotatable bonds is 7. The van der Waals surface area contributed by atoms with Gasteiger partial charge in [-0.2, -0.15) is 4.31 Å². The Bertz CT molecular complexity index is 934. The number of hydrogen-bond donors (Lipinski definition) is 1. The van der Waals surface area contributed by atoms with Gasteiger partial charge in [0.15, 0.2) is 0 Å². The summed E-state index contributed by atoms with van der Waals surface area (Å²) in [7, 11) is -2.23. The van der Waals surface area contributed by atoms with E-state index in [-0.39, 0.29) is 23.0 Å². The monoisotopic (exact) mass is 423 g/mol. The number of benzene rings is 1. The molecule has 0 saturated carbocycles. The zero-order valence-corrected chi connectivity index (χ0v) is 17.7. The number of anilines is 1. The molecule has 1 aliphatic rings. The molecule has 3 rings (SSSR count). The molecule has 1 N–H and O–H groups in total. The van der Waals surface area contributed by atoms with Crippen LogP contribution in [0, 0.1) is 0 Å². The molecule has 7 nitrogen and oxygen atoms in total. The van der Waals surface area contributed by atoms with Gasteiger partial charge in [-0.05, 0) is 37.5 Å². The van der Waals surface area contributed by atoms with Gasteiger partial charge in [-0.15, -0.1) is 11.3 Å². The molecule has 0 atom stereocenters. The van der Waals surface area contributed by atoms with Gasteiger partial charge in [-0.25, -0.2) is 13.4 Å².